The van der Waals surface area contributed by atoms with Crippen LogP contribution in [0.2, 0.25) is 0 Å². The fraction of sp³-hybridized carbons (Fsp3) is 0.455. The van der Waals surface area contributed by atoms with Crippen molar-refractivity contribution in [3.63, 3.8) is 0 Å². The van der Waals surface area contributed by atoms with E-state index in [1.54, 1.807) is 0 Å². The van der Waals surface area contributed by atoms with E-state index in [0.29, 0.717) is 5.69 Å². The van der Waals surface area contributed by atoms with E-state index >= 15 is 0 Å². The fourth-order valence-corrected chi connectivity index (χ4v) is 2.10. The average Bonchev–Trinajstić information content (AvgIpc) is 2.33. The predicted octanol–water partition coefficient (Wildman–Crippen LogP) is 2.31. The van der Waals surface area contributed by atoms with Gasteiger partial charge in [0.15, 0.2) is 0 Å². The zero-order valence-corrected chi connectivity index (χ0v) is 9.36. The number of nitrogens with two attached hydrogens (primary N) is 1. The van der Waals surface area contributed by atoms with Crippen molar-refractivity contribution < 1.29 is 9.31 Å². The second-order valence-electron chi connectivity index (χ2n) is 4.17. The lowest BCUT2D eigenvalue weighted by atomic mass is 10.1. The van der Waals surface area contributed by atoms with Gasteiger partial charge in [-0.1, -0.05) is 0 Å². The molecule has 1 fully saturated rings. The molecule has 0 aliphatic carbocycles. The molecule has 2 rings (SSSR count). The third-order valence-electron chi connectivity index (χ3n) is 2.99. The molecular formula is C11H14FN3O2. The molecule has 1 aliphatic heterocycles. The first-order chi connectivity index (χ1) is 8.09. The van der Waals surface area contributed by atoms with Crippen LogP contribution < -0.4 is 10.6 Å². The number of benzene rings is 1. The lowest BCUT2D eigenvalue weighted by molar-refractivity contribution is -0.384. The van der Waals surface area contributed by atoms with Crippen molar-refractivity contribution in [2.24, 2.45) is 0 Å². The summed E-state index contributed by atoms with van der Waals surface area (Å²) in [6, 6.07) is 2.26. The smallest absolute Gasteiger partial charge is 0.294 e. The molecule has 17 heavy (non-hydrogen) atoms. The van der Waals surface area contributed by atoms with Crippen LogP contribution in [0.1, 0.15) is 19.3 Å². The summed E-state index contributed by atoms with van der Waals surface area (Å²) in [5.74, 6) is -0.601. The normalized spacial score (nSPS) is 15.9. The Balaban J connectivity index is 2.42. The first-order valence-corrected chi connectivity index (χ1v) is 5.58. The monoisotopic (exact) mass is 239 g/mol. The number of hydrogen-bond donors (Lipinski definition) is 1. The molecule has 0 radical (unpaired) electrons. The van der Waals surface area contributed by atoms with Gasteiger partial charge in [0, 0.05) is 25.2 Å². The maximum atomic E-state index is 13.4. The number of anilines is 2. The quantitative estimate of drug-likeness (QED) is 0.488. The standard InChI is InChI=1S/C11H14FN3O2/c12-8-6-10(14-4-2-1-3-5-14)11(15(16)17)7-9(8)13/h6-7H,1-5,13H2. The van der Waals surface area contributed by atoms with Gasteiger partial charge in [-0.25, -0.2) is 4.39 Å². The first-order valence-electron chi connectivity index (χ1n) is 5.58. The van der Waals surface area contributed by atoms with E-state index in [2.05, 4.69) is 0 Å². The van der Waals surface area contributed by atoms with Gasteiger partial charge in [-0.05, 0) is 19.3 Å². The van der Waals surface area contributed by atoms with Gasteiger partial charge in [0.2, 0.25) is 0 Å². The molecule has 6 heteroatoms. The summed E-state index contributed by atoms with van der Waals surface area (Å²) in [6.45, 7) is 1.45. The van der Waals surface area contributed by atoms with E-state index < -0.39 is 10.7 Å². The van der Waals surface area contributed by atoms with Crippen molar-refractivity contribution in [2.45, 2.75) is 19.3 Å². The zero-order chi connectivity index (χ0) is 12.4. The summed E-state index contributed by atoms with van der Waals surface area (Å²) in [5, 5.41) is 10.9. The van der Waals surface area contributed by atoms with Crippen molar-refractivity contribution in [2.75, 3.05) is 23.7 Å². The molecule has 0 spiro atoms. The van der Waals surface area contributed by atoms with Crippen LogP contribution in [0.5, 0.6) is 0 Å². The molecule has 0 unspecified atom stereocenters. The minimum atomic E-state index is -0.601. The summed E-state index contributed by atoms with van der Waals surface area (Å²) in [4.78, 5) is 12.3. The van der Waals surface area contributed by atoms with Crippen LogP contribution in [0.25, 0.3) is 0 Å². The number of nitrogens with zero attached hydrogens (tertiary/aromatic N) is 2. The molecule has 92 valence electrons. The van der Waals surface area contributed by atoms with Gasteiger partial charge in [0.1, 0.15) is 11.5 Å². The van der Waals surface area contributed by atoms with E-state index in [9.17, 15) is 14.5 Å². The second-order valence-corrected chi connectivity index (χ2v) is 4.17. The number of nitro groups is 1. The minimum Gasteiger partial charge on any atom is -0.396 e. The third kappa shape index (κ3) is 2.30. The van der Waals surface area contributed by atoms with Crippen molar-refractivity contribution in [3.8, 4) is 0 Å². The van der Waals surface area contributed by atoms with Crippen LogP contribution in [0, 0.1) is 15.9 Å². The SMILES string of the molecule is Nc1cc([N+](=O)[O-])c(N2CCCCC2)cc1F. The second kappa shape index (κ2) is 4.57. The van der Waals surface area contributed by atoms with Crippen molar-refractivity contribution >= 4 is 17.1 Å². The van der Waals surface area contributed by atoms with Gasteiger partial charge >= 0.3 is 0 Å². The Bertz CT molecular complexity index is 445. The van der Waals surface area contributed by atoms with Gasteiger partial charge in [0.25, 0.3) is 5.69 Å². The van der Waals surface area contributed by atoms with Crippen LogP contribution in [0.15, 0.2) is 12.1 Å². The highest BCUT2D eigenvalue weighted by Gasteiger charge is 2.23. The van der Waals surface area contributed by atoms with E-state index in [0.717, 1.165) is 38.4 Å². The average molecular weight is 239 g/mol. The van der Waals surface area contributed by atoms with Crippen LogP contribution in [0.4, 0.5) is 21.5 Å². The third-order valence-corrected chi connectivity index (χ3v) is 2.99. The number of hydrogen-bond acceptors (Lipinski definition) is 4. The Hall–Kier alpha value is -1.85. The van der Waals surface area contributed by atoms with Gasteiger partial charge in [-0.2, -0.15) is 0 Å². The molecule has 0 saturated carbocycles. The predicted molar refractivity (Wildman–Crippen MR) is 63.5 cm³/mol. The summed E-state index contributed by atoms with van der Waals surface area (Å²) in [5.41, 5.74) is 5.39. The largest absolute Gasteiger partial charge is 0.396 e. The number of halogens is 1. The maximum Gasteiger partial charge on any atom is 0.294 e. The topological polar surface area (TPSA) is 72.4 Å². The highest BCUT2D eigenvalue weighted by atomic mass is 19.1. The van der Waals surface area contributed by atoms with Gasteiger partial charge in [-0.3, -0.25) is 10.1 Å². The number of nitro benzene ring substituents is 1. The molecule has 0 bridgehead atoms. The molecule has 1 aliphatic rings. The van der Waals surface area contributed by atoms with Gasteiger partial charge in [-0.15, -0.1) is 0 Å². The van der Waals surface area contributed by atoms with Crippen LogP contribution in [0.3, 0.4) is 0 Å². The Morgan fingerprint density at radius 3 is 2.53 bits per heavy atom. The summed E-state index contributed by atoms with van der Waals surface area (Å²) in [7, 11) is 0. The van der Waals surface area contributed by atoms with Crippen LogP contribution >= 0.6 is 0 Å². The van der Waals surface area contributed by atoms with E-state index in [1.165, 1.54) is 6.07 Å². The maximum absolute atomic E-state index is 13.4. The molecule has 2 N–H and O–H groups in total. The molecule has 1 aromatic rings. The van der Waals surface area contributed by atoms with Crippen molar-refractivity contribution in [1.29, 1.82) is 0 Å². The fourth-order valence-electron chi connectivity index (χ4n) is 2.10. The van der Waals surface area contributed by atoms with Gasteiger partial charge < -0.3 is 10.6 Å². The van der Waals surface area contributed by atoms with E-state index in [1.807, 2.05) is 4.90 Å². The Kier molecular flexibility index (Phi) is 3.12. The number of nitrogen functional groups attached to an aromatic ring is 1. The van der Waals surface area contributed by atoms with Gasteiger partial charge in [0.05, 0.1) is 10.6 Å². The molecular weight excluding hydrogens is 225 g/mol. The van der Waals surface area contributed by atoms with Crippen LogP contribution in [-0.2, 0) is 0 Å². The molecule has 1 heterocycles. The highest BCUT2D eigenvalue weighted by molar-refractivity contribution is 5.68. The van der Waals surface area contributed by atoms with Crippen molar-refractivity contribution in [3.05, 3.63) is 28.1 Å². The highest BCUT2D eigenvalue weighted by Crippen LogP contribution is 2.33. The molecule has 0 aromatic heterocycles. The molecule has 0 amide bonds. The first kappa shape index (κ1) is 11.6. The lowest BCUT2D eigenvalue weighted by Crippen LogP contribution is -2.30. The number of rotatable bonds is 2. The minimum absolute atomic E-state index is 0.120. The lowest BCUT2D eigenvalue weighted by Gasteiger charge is -2.28. The van der Waals surface area contributed by atoms with E-state index in [4.69, 9.17) is 5.73 Å². The van der Waals surface area contributed by atoms with E-state index in [-0.39, 0.29) is 11.4 Å². The van der Waals surface area contributed by atoms with Crippen molar-refractivity contribution in [1.82, 2.24) is 0 Å². The number of piperidine rings is 1. The molecule has 5 nitrogen and oxygen atoms in total. The summed E-state index contributed by atoms with van der Waals surface area (Å²) in [6.07, 6.45) is 3.06. The zero-order valence-electron chi connectivity index (χ0n) is 9.36. The molecule has 1 aromatic carbocycles. The summed E-state index contributed by atoms with van der Waals surface area (Å²) >= 11 is 0. The Morgan fingerprint density at radius 2 is 1.94 bits per heavy atom. The molecule has 0 atom stereocenters. The Morgan fingerprint density at radius 1 is 1.29 bits per heavy atom. The molecule has 1 saturated heterocycles. The van der Waals surface area contributed by atoms with Crippen LogP contribution in [-0.4, -0.2) is 18.0 Å². The Labute approximate surface area is 98.2 Å². The summed E-state index contributed by atoms with van der Waals surface area (Å²) < 4.78 is 13.4.